The van der Waals surface area contributed by atoms with Gasteiger partial charge in [0, 0.05) is 6.04 Å². The topological polar surface area (TPSA) is 108 Å². The Bertz CT molecular complexity index is 545. The van der Waals surface area contributed by atoms with Gasteiger partial charge in [0.25, 0.3) is 5.56 Å². The van der Waals surface area contributed by atoms with Crippen LogP contribution < -0.4 is 16.1 Å². The van der Waals surface area contributed by atoms with E-state index in [1.165, 1.54) is 0 Å². The van der Waals surface area contributed by atoms with E-state index in [2.05, 4.69) is 15.2 Å². The van der Waals surface area contributed by atoms with E-state index in [1.54, 1.807) is 11.8 Å². The third-order valence-corrected chi connectivity index (χ3v) is 2.56. The van der Waals surface area contributed by atoms with Crippen LogP contribution in [0, 0.1) is 0 Å². The van der Waals surface area contributed by atoms with Crippen LogP contribution in [0.2, 0.25) is 0 Å². The maximum Gasteiger partial charge on any atom is 0.342 e. The molecule has 18 heavy (non-hydrogen) atoms. The number of carbonyl (C=O) groups excluding carboxylic acids is 1. The first-order valence-electron chi connectivity index (χ1n) is 5.73. The van der Waals surface area contributed by atoms with Gasteiger partial charge in [0.1, 0.15) is 6.54 Å². The predicted octanol–water partition coefficient (Wildman–Crippen LogP) is -1.01. The zero-order valence-electron chi connectivity index (χ0n) is 9.93. The van der Waals surface area contributed by atoms with Crippen LogP contribution in [0.1, 0.15) is 19.8 Å². The van der Waals surface area contributed by atoms with Gasteiger partial charge in [0.15, 0.2) is 0 Å². The van der Waals surface area contributed by atoms with Crippen molar-refractivity contribution in [3.63, 3.8) is 0 Å². The molecule has 0 atom stereocenters. The van der Waals surface area contributed by atoms with Crippen molar-refractivity contribution < 1.29 is 9.53 Å². The van der Waals surface area contributed by atoms with E-state index >= 15 is 0 Å². The second-order valence-corrected chi connectivity index (χ2v) is 3.99. The molecule has 1 saturated carbocycles. The number of anilines is 1. The van der Waals surface area contributed by atoms with Crippen LogP contribution >= 0.6 is 0 Å². The largest absolute Gasteiger partial charge is 0.465 e. The third kappa shape index (κ3) is 2.76. The van der Waals surface area contributed by atoms with Gasteiger partial charge in [-0.15, -0.1) is 5.10 Å². The summed E-state index contributed by atoms with van der Waals surface area (Å²) in [5.74, 6) is -0.373. The molecule has 0 aliphatic heterocycles. The number of ether oxygens (including phenoxy) is 1. The summed E-state index contributed by atoms with van der Waals surface area (Å²) < 4.78 is 4.84. The van der Waals surface area contributed by atoms with Crippen LogP contribution in [-0.4, -0.2) is 40.3 Å². The molecule has 8 nitrogen and oxygen atoms in total. The van der Waals surface area contributed by atoms with Gasteiger partial charge in [-0.05, 0) is 19.8 Å². The van der Waals surface area contributed by atoms with Crippen molar-refractivity contribution in [1.29, 1.82) is 0 Å². The smallest absolute Gasteiger partial charge is 0.342 e. The molecule has 1 aliphatic carbocycles. The Labute approximate surface area is 102 Å². The number of nitrogens with zero attached hydrogens (tertiary/aromatic N) is 2. The van der Waals surface area contributed by atoms with E-state index in [0.29, 0.717) is 0 Å². The lowest BCUT2D eigenvalue weighted by molar-refractivity contribution is -0.141. The van der Waals surface area contributed by atoms with Crippen LogP contribution in [0.4, 0.5) is 5.82 Å². The molecule has 1 heterocycles. The normalized spacial score (nSPS) is 14.3. The Morgan fingerprint density at radius 2 is 2.22 bits per heavy atom. The number of hydrogen-bond donors (Lipinski definition) is 2. The molecular formula is C10H14N4O4. The first-order valence-corrected chi connectivity index (χ1v) is 5.73. The Kier molecular flexibility index (Phi) is 3.45. The Balaban J connectivity index is 2.22. The van der Waals surface area contributed by atoms with Crippen LogP contribution in [0.5, 0.6) is 0 Å². The molecule has 1 aromatic heterocycles. The molecule has 98 valence electrons. The Morgan fingerprint density at radius 1 is 1.50 bits per heavy atom. The monoisotopic (exact) mass is 254 g/mol. The number of aromatic nitrogens is 3. The number of hydrogen-bond acceptors (Lipinski definition) is 6. The molecular weight excluding hydrogens is 240 g/mol. The summed E-state index contributed by atoms with van der Waals surface area (Å²) in [5.41, 5.74) is -1.27. The second-order valence-electron chi connectivity index (χ2n) is 3.99. The standard InChI is InChI=1S/C10H14N4O4/c1-2-18-7(15)5-14(6-3-4-6)8-9(16)11-10(17)13-12-8/h6H,2-5H2,1H3,(H2,11,13,16,17). The molecule has 0 saturated heterocycles. The van der Waals surface area contributed by atoms with E-state index in [-0.39, 0.29) is 25.0 Å². The molecule has 1 aromatic rings. The Morgan fingerprint density at radius 3 is 2.78 bits per heavy atom. The van der Waals surface area contributed by atoms with Crippen molar-refractivity contribution in [3.05, 3.63) is 20.8 Å². The molecule has 0 radical (unpaired) electrons. The van der Waals surface area contributed by atoms with Gasteiger partial charge >= 0.3 is 11.7 Å². The summed E-state index contributed by atoms with van der Waals surface area (Å²) in [6.45, 7) is 1.96. The van der Waals surface area contributed by atoms with Gasteiger partial charge in [0.05, 0.1) is 6.61 Å². The summed E-state index contributed by atoms with van der Waals surface area (Å²) in [5, 5.41) is 5.84. The third-order valence-electron chi connectivity index (χ3n) is 2.56. The van der Waals surface area contributed by atoms with Gasteiger partial charge in [-0.25, -0.2) is 9.89 Å². The quantitative estimate of drug-likeness (QED) is 0.652. The molecule has 2 N–H and O–H groups in total. The summed E-state index contributed by atoms with van der Waals surface area (Å²) in [4.78, 5) is 37.6. The van der Waals surface area contributed by atoms with Crippen LogP contribution in [0.25, 0.3) is 0 Å². The maximum absolute atomic E-state index is 11.6. The average Bonchev–Trinajstić information content (AvgIpc) is 3.11. The molecule has 1 fully saturated rings. The molecule has 0 unspecified atom stereocenters. The van der Waals surface area contributed by atoms with Gasteiger partial charge in [-0.1, -0.05) is 0 Å². The Hall–Kier alpha value is -2.12. The van der Waals surface area contributed by atoms with Crippen molar-refractivity contribution in [2.24, 2.45) is 0 Å². The van der Waals surface area contributed by atoms with Crippen LogP contribution in [0.15, 0.2) is 9.59 Å². The molecule has 0 spiro atoms. The lowest BCUT2D eigenvalue weighted by Crippen LogP contribution is -2.39. The van der Waals surface area contributed by atoms with Gasteiger partial charge < -0.3 is 9.64 Å². The van der Waals surface area contributed by atoms with E-state index in [1.807, 2.05) is 0 Å². The number of H-pyrrole nitrogens is 2. The summed E-state index contributed by atoms with van der Waals surface area (Å²) in [7, 11) is 0. The molecule has 2 rings (SSSR count). The molecule has 8 heteroatoms. The molecule has 0 aromatic carbocycles. The van der Waals surface area contributed by atoms with Gasteiger partial charge in [-0.3, -0.25) is 14.6 Å². The minimum Gasteiger partial charge on any atom is -0.465 e. The van der Waals surface area contributed by atoms with Crippen LogP contribution in [0.3, 0.4) is 0 Å². The van der Waals surface area contributed by atoms with E-state index in [0.717, 1.165) is 12.8 Å². The maximum atomic E-state index is 11.6. The fraction of sp³-hybridized carbons (Fsp3) is 0.600. The van der Waals surface area contributed by atoms with Gasteiger partial charge in [-0.2, -0.15) is 0 Å². The molecule has 1 aliphatic rings. The number of aromatic amines is 2. The van der Waals surface area contributed by atoms with Gasteiger partial charge in [0.2, 0.25) is 5.82 Å². The summed E-state index contributed by atoms with van der Waals surface area (Å²) in [6.07, 6.45) is 1.78. The van der Waals surface area contributed by atoms with Crippen molar-refractivity contribution in [3.8, 4) is 0 Å². The molecule has 0 bridgehead atoms. The zero-order valence-corrected chi connectivity index (χ0v) is 9.93. The van der Waals surface area contributed by atoms with Crippen molar-refractivity contribution >= 4 is 11.8 Å². The first-order chi connectivity index (χ1) is 8.61. The minimum atomic E-state index is -0.671. The number of rotatable bonds is 5. The second kappa shape index (κ2) is 5.03. The van der Waals surface area contributed by atoms with Crippen molar-refractivity contribution in [2.75, 3.05) is 18.1 Å². The van der Waals surface area contributed by atoms with Crippen molar-refractivity contribution in [2.45, 2.75) is 25.8 Å². The van der Waals surface area contributed by atoms with E-state index in [4.69, 9.17) is 4.74 Å². The number of carbonyl (C=O) groups is 1. The highest BCUT2D eigenvalue weighted by molar-refractivity contribution is 5.75. The van der Waals surface area contributed by atoms with E-state index < -0.39 is 17.2 Å². The highest BCUT2D eigenvalue weighted by Gasteiger charge is 2.33. The lowest BCUT2D eigenvalue weighted by atomic mass is 10.4. The number of nitrogens with one attached hydrogen (secondary N) is 2. The highest BCUT2D eigenvalue weighted by Crippen LogP contribution is 2.28. The summed E-state index contributed by atoms with van der Waals surface area (Å²) in [6, 6.07) is 0.105. The predicted molar refractivity (Wildman–Crippen MR) is 62.5 cm³/mol. The lowest BCUT2D eigenvalue weighted by Gasteiger charge is -2.20. The van der Waals surface area contributed by atoms with Crippen molar-refractivity contribution in [1.82, 2.24) is 15.2 Å². The first kappa shape index (κ1) is 12.3. The van der Waals surface area contributed by atoms with Crippen LogP contribution in [-0.2, 0) is 9.53 Å². The fourth-order valence-electron chi connectivity index (χ4n) is 1.64. The average molecular weight is 254 g/mol. The zero-order chi connectivity index (χ0) is 13.1. The minimum absolute atomic E-state index is 0.0410. The SMILES string of the molecule is CCOC(=O)CN(c1n[nH]c(=O)[nH]c1=O)C1CC1. The molecule has 0 amide bonds. The summed E-state index contributed by atoms with van der Waals surface area (Å²) >= 11 is 0. The highest BCUT2D eigenvalue weighted by atomic mass is 16.5. The fourth-order valence-corrected chi connectivity index (χ4v) is 1.64. The van der Waals surface area contributed by atoms with E-state index in [9.17, 15) is 14.4 Å². The number of esters is 1.